The average Bonchev–Trinajstić information content (AvgIpc) is 2.97. The summed E-state index contributed by atoms with van der Waals surface area (Å²) in [5.74, 6) is 1.31. The second kappa shape index (κ2) is 12.6. The van der Waals surface area contributed by atoms with Crippen LogP contribution in [0.25, 0.3) is 21.7 Å². The van der Waals surface area contributed by atoms with E-state index in [2.05, 4.69) is 11.1 Å². The van der Waals surface area contributed by atoms with Crippen molar-refractivity contribution < 1.29 is 13.6 Å². The molecular weight excluding hydrogens is 502 g/mol. The zero-order valence-electron chi connectivity index (χ0n) is 23.5. The van der Waals surface area contributed by atoms with E-state index < -0.39 is 0 Å². The standard InChI is InChI=1S/C14H14O2.C13H13NO2.C7H10O/c1-9-6-12-7-10-4-2-3-5-11(10)8-13(12)14(15)16-9;1-8-6-11-12(13(15)16-8)10-5-3-2-4-9(10)7-14-11;8-6-7-4-2-1-3-5-7/h6-8H,2-5H2,1H3;6-7H,2-5H2,1H3;4,6H,1-3,5H2. The first kappa shape index (κ1) is 27.8. The van der Waals surface area contributed by atoms with Crippen LogP contribution in [0.1, 0.15) is 85.1 Å². The fraction of sp³-hybridized carbons (Fsp3) is 0.412. The molecule has 0 bridgehead atoms. The molecule has 1 aromatic carbocycles. The molecule has 0 unspecified atom stereocenters. The van der Waals surface area contributed by atoms with Crippen molar-refractivity contribution in [3.8, 4) is 0 Å². The minimum Gasteiger partial charge on any atom is -0.428 e. The Labute approximate surface area is 234 Å². The zero-order valence-corrected chi connectivity index (χ0v) is 23.5. The van der Waals surface area contributed by atoms with Gasteiger partial charge in [-0.1, -0.05) is 12.1 Å². The normalized spacial score (nSPS) is 16.0. The molecule has 0 fully saturated rings. The third kappa shape index (κ3) is 6.33. The molecule has 208 valence electrons. The summed E-state index contributed by atoms with van der Waals surface area (Å²) in [5, 5.41) is 2.45. The average molecular weight is 540 g/mol. The molecular formula is C34H37NO5. The smallest absolute Gasteiger partial charge is 0.345 e. The number of benzene rings is 1. The predicted octanol–water partition coefficient (Wildman–Crippen LogP) is 7.04. The lowest BCUT2D eigenvalue weighted by Crippen LogP contribution is -2.11. The number of pyridine rings is 1. The Morgan fingerprint density at radius 3 is 2.08 bits per heavy atom. The molecule has 0 radical (unpaired) electrons. The van der Waals surface area contributed by atoms with E-state index in [1.54, 1.807) is 6.92 Å². The maximum absolute atomic E-state index is 11.9. The number of carbonyl (C=O) groups is 1. The molecule has 40 heavy (non-hydrogen) atoms. The van der Waals surface area contributed by atoms with Gasteiger partial charge in [0.25, 0.3) is 0 Å². The number of hydrogen-bond acceptors (Lipinski definition) is 6. The summed E-state index contributed by atoms with van der Waals surface area (Å²) >= 11 is 0. The van der Waals surface area contributed by atoms with Crippen molar-refractivity contribution in [3.05, 3.63) is 96.7 Å². The van der Waals surface area contributed by atoms with Crippen LogP contribution in [-0.4, -0.2) is 11.3 Å². The van der Waals surface area contributed by atoms with Crippen molar-refractivity contribution in [2.45, 2.75) is 90.9 Å². The van der Waals surface area contributed by atoms with E-state index in [0.29, 0.717) is 16.9 Å². The highest BCUT2D eigenvalue weighted by molar-refractivity contribution is 5.83. The van der Waals surface area contributed by atoms with Crippen molar-refractivity contribution in [2.24, 2.45) is 0 Å². The van der Waals surface area contributed by atoms with E-state index >= 15 is 0 Å². The maximum atomic E-state index is 11.9. The van der Waals surface area contributed by atoms with Crippen LogP contribution in [0.2, 0.25) is 0 Å². The Hall–Kier alpha value is -3.80. The van der Waals surface area contributed by atoms with E-state index in [4.69, 9.17) is 8.83 Å². The molecule has 4 aromatic rings. The van der Waals surface area contributed by atoms with Gasteiger partial charge in [-0.15, -0.1) is 0 Å². The molecule has 0 saturated heterocycles. The summed E-state index contributed by atoms with van der Waals surface area (Å²) in [6, 6.07) is 7.97. The lowest BCUT2D eigenvalue weighted by Gasteiger charge is -2.16. The van der Waals surface area contributed by atoms with E-state index in [1.807, 2.05) is 37.4 Å². The monoisotopic (exact) mass is 539 g/mol. The lowest BCUT2D eigenvalue weighted by atomic mass is 9.90. The Balaban J connectivity index is 0.000000128. The van der Waals surface area contributed by atoms with Crippen molar-refractivity contribution in [1.82, 2.24) is 4.98 Å². The Morgan fingerprint density at radius 2 is 1.38 bits per heavy atom. The quantitative estimate of drug-likeness (QED) is 0.241. The van der Waals surface area contributed by atoms with Gasteiger partial charge in [0.1, 0.15) is 17.8 Å². The Kier molecular flexibility index (Phi) is 8.73. The first-order valence-electron chi connectivity index (χ1n) is 14.5. The highest BCUT2D eigenvalue weighted by Gasteiger charge is 2.16. The van der Waals surface area contributed by atoms with E-state index in [1.165, 1.54) is 48.8 Å². The molecule has 0 atom stereocenters. The lowest BCUT2D eigenvalue weighted by molar-refractivity contribution is -0.105. The van der Waals surface area contributed by atoms with Crippen molar-refractivity contribution in [3.63, 3.8) is 0 Å². The van der Waals surface area contributed by atoms with Crippen LogP contribution in [0.15, 0.2) is 60.5 Å². The summed E-state index contributed by atoms with van der Waals surface area (Å²) in [5.41, 5.74) is 6.44. The van der Waals surface area contributed by atoms with Crippen LogP contribution in [0, 0.1) is 13.8 Å². The molecule has 0 aliphatic heterocycles. The SMILES string of the molecule is Cc1cc2cc3c(cc2c(=O)o1)CCCC3.Cc1cc2ncc3c(c2c(=O)o1)CCCC3.O=CC1=CCCCC1. The van der Waals surface area contributed by atoms with Gasteiger partial charge >= 0.3 is 11.3 Å². The van der Waals surface area contributed by atoms with Gasteiger partial charge in [-0.3, -0.25) is 9.78 Å². The highest BCUT2D eigenvalue weighted by atomic mass is 16.4. The molecule has 0 saturated carbocycles. The van der Waals surface area contributed by atoms with Crippen LogP contribution >= 0.6 is 0 Å². The second-order valence-electron chi connectivity index (χ2n) is 11.1. The van der Waals surface area contributed by atoms with E-state index in [0.717, 1.165) is 78.7 Å². The summed E-state index contributed by atoms with van der Waals surface area (Å²) < 4.78 is 10.3. The molecule has 3 heterocycles. The summed E-state index contributed by atoms with van der Waals surface area (Å²) in [6.45, 7) is 3.60. The molecule has 0 spiro atoms. The molecule has 0 N–H and O–H groups in total. The van der Waals surface area contributed by atoms with Crippen molar-refractivity contribution in [1.29, 1.82) is 0 Å². The number of carbonyl (C=O) groups excluding carboxylic acids is 1. The minimum absolute atomic E-state index is 0.205. The Bertz CT molecular complexity index is 1680. The third-order valence-corrected chi connectivity index (χ3v) is 8.05. The van der Waals surface area contributed by atoms with Gasteiger partial charge in [-0.2, -0.15) is 0 Å². The maximum Gasteiger partial charge on any atom is 0.345 e. The zero-order chi connectivity index (χ0) is 28.1. The molecule has 6 nitrogen and oxygen atoms in total. The number of fused-ring (bicyclic) bond motifs is 5. The number of nitrogens with zero attached hydrogens (tertiary/aromatic N) is 1. The van der Waals surface area contributed by atoms with Gasteiger partial charge in [0.15, 0.2) is 0 Å². The number of allylic oxidation sites excluding steroid dienone is 2. The number of aryl methyl sites for hydroxylation is 6. The number of rotatable bonds is 1. The van der Waals surface area contributed by atoms with Gasteiger partial charge in [0.2, 0.25) is 0 Å². The van der Waals surface area contributed by atoms with Crippen LogP contribution in [-0.2, 0) is 30.5 Å². The van der Waals surface area contributed by atoms with Crippen LogP contribution in [0.5, 0.6) is 0 Å². The van der Waals surface area contributed by atoms with Crippen molar-refractivity contribution >= 4 is 28.0 Å². The van der Waals surface area contributed by atoms with Gasteiger partial charge in [-0.05, 0) is 136 Å². The molecule has 3 aromatic heterocycles. The van der Waals surface area contributed by atoms with Gasteiger partial charge in [0, 0.05) is 12.3 Å². The molecule has 6 heteroatoms. The molecule has 0 amide bonds. The van der Waals surface area contributed by atoms with Crippen molar-refractivity contribution in [2.75, 3.05) is 0 Å². The van der Waals surface area contributed by atoms with E-state index in [9.17, 15) is 14.4 Å². The molecule has 3 aliphatic carbocycles. The number of hydrogen-bond donors (Lipinski definition) is 0. The number of aromatic nitrogens is 1. The van der Waals surface area contributed by atoms with Gasteiger partial charge in [0.05, 0.1) is 16.3 Å². The van der Waals surface area contributed by atoms with Crippen LogP contribution < -0.4 is 11.3 Å². The van der Waals surface area contributed by atoms with Gasteiger partial charge in [-0.25, -0.2) is 9.59 Å². The van der Waals surface area contributed by atoms with Gasteiger partial charge < -0.3 is 8.83 Å². The predicted molar refractivity (Wildman–Crippen MR) is 158 cm³/mol. The highest BCUT2D eigenvalue weighted by Crippen LogP contribution is 2.27. The fourth-order valence-electron chi connectivity index (χ4n) is 6.00. The summed E-state index contributed by atoms with van der Waals surface area (Å²) in [4.78, 5) is 38.0. The van der Waals surface area contributed by atoms with Crippen LogP contribution in [0.3, 0.4) is 0 Å². The third-order valence-electron chi connectivity index (χ3n) is 8.05. The topological polar surface area (TPSA) is 90.4 Å². The largest absolute Gasteiger partial charge is 0.428 e. The summed E-state index contributed by atoms with van der Waals surface area (Å²) in [6.07, 6.45) is 18.6. The molecule has 3 aliphatic rings. The molecule has 7 rings (SSSR count). The first-order valence-corrected chi connectivity index (χ1v) is 14.5. The summed E-state index contributed by atoms with van der Waals surface area (Å²) in [7, 11) is 0. The first-order chi connectivity index (χ1) is 19.4. The van der Waals surface area contributed by atoms with E-state index in [-0.39, 0.29) is 11.3 Å². The Morgan fingerprint density at radius 1 is 0.725 bits per heavy atom. The fourth-order valence-corrected chi connectivity index (χ4v) is 6.00. The van der Waals surface area contributed by atoms with Crippen LogP contribution in [0.4, 0.5) is 0 Å². The minimum atomic E-state index is -0.235. The second-order valence-corrected chi connectivity index (χ2v) is 11.1. The number of aldehydes is 1.